The van der Waals surface area contributed by atoms with Crippen molar-refractivity contribution < 1.29 is 28.9 Å². The molecule has 0 bridgehead atoms. The highest BCUT2D eigenvalue weighted by Crippen LogP contribution is 2.19. The molecule has 2 heterocycles. The van der Waals surface area contributed by atoms with E-state index < -0.39 is 23.5 Å². The molecule has 7 heteroatoms. The van der Waals surface area contributed by atoms with E-state index in [1.54, 1.807) is 0 Å². The standard InChI is InChI=1S/C10H15NO6/c12-8(7-5-15-3-4-17-7)11-10(9(13)14)1-2-16-6-10/h7H,1-6H2,(H,11,12)(H,13,14). The van der Waals surface area contributed by atoms with E-state index in [9.17, 15) is 9.59 Å². The minimum atomic E-state index is -1.32. The average Bonchev–Trinajstić information content (AvgIpc) is 2.80. The monoisotopic (exact) mass is 245 g/mol. The summed E-state index contributed by atoms with van der Waals surface area (Å²) in [5.74, 6) is -1.54. The molecule has 2 saturated heterocycles. The van der Waals surface area contributed by atoms with Gasteiger partial charge < -0.3 is 24.6 Å². The Morgan fingerprint density at radius 2 is 2.06 bits per heavy atom. The van der Waals surface area contributed by atoms with Crippen LogP contribution in [0.1, 0.15) is 6.42 Å². The summed E-state index contributed by atoms with van der Waals surface area (Å²) in [6.45, 7) is 1.27. The van der Waals surface area contributed by atoms with E-state index in [-0.39, 0.29) is 19.6 Å². The molecule has 2 N–H and O–H groups in total. The molecule has 0 radical (unpaired) electrons. The van der Waals surface area contributed by atoms with Crippen LogP contribution in [0, 0.1) is 0 Å². The number of aliphatic carboxylic acids is 1. The van der Waals surface area contributed by atoms with Crippen molar-refractivity contribution in [2.45, 2.75) is 18.1 Å². The molecular formula is C10H15NO6. The molecule has 2 rings (SSSR count). The van der Waals surface area contributed by atoms with Crippen molar-refractivity contribution >= 4 is 11.9 Å². The Hall–Kier alpha value is -1.18. The van der Waals surface area contributed by atoms with Crippen LogP contribution < -0.4 is 5.32 Å². The SMILES string of the molecule is O=C(NC1(C(=O)O)CCOC1)C1COCCO1. The summed E-state index contributed by atoms with van der Waals surface area (Å²) in [6, 6.07) is 0. The molecule has 0 spiro atoms. The number of carbonyl (C=O) groups excluding carboxylic acids is 1. The van der Waals surface area contributed by atoms with Crippen LogP contribution in [-0.2, 0) is 23.8 Å². The number of ether oxygens (including phenoxy) is 3. The van der Waals surface area contributed by atoms with Crippen molar-refractivity contribution in [1.29, 1.82) is 0 Å². The number of hydrogen-bond donors (Lipinski definition) is 2. The zero-order chi connectivity index (χ0) is 12.3. The second-order valence-electron chi connectivity index (χ2n) is 4.11. The van der Waals surface area contributed by atoms with Crippen molar-refractivity contribution in [1.82, 2.24) is 5.32 Å². The fourth-order valence-electron chi connectivity index (χ4n) is 1.84. The first-order chi connectivity index (χ1) is 8.14. The van der Waals surface area contributed by atoms with E-state index in [1.165, 1.54) is 0 Å². The van der Waals surface area contributed by atoms with Crippen molar-refractivity contribution in [3.8, 4) is 0 Å². The maximum absolute atomic E-state index is 11.8. The van der Waals surface area contributed by atoms with E-state index in [2.05, 4.69) is 5.32 Å². The second kappa shape index (κ2) is 4.99. The van der Waals surface area contributed by atoms with Crippen molar-refractivity contribution in [3.05, 3.63) is 0 Å². The predicted molar refractivity (Wildman–Crippen MR) is 54.5 cm³/mol. The summed E-state index contributed by atoms with van der Waals surface area (Å²) >= 11 is 0. The van der Waals surface area contributed by atoms with Crippen LogP contribution in [0.25, 0.3) is 0 Å². The molecule has 1 amide bonds. The van der Waals surface area contributed by atoms with Gasteiger partial charge in [-0.2, -0.15) is 0 Å². The van der Waals surface area contributed by atoms with Crippen molar-refractivity contribution in [2.24, 2.45) is 0 Å². The number of amides is 1. The Labute approximate surface area is 98.0 Å². The highest BCUT2D eigenvalue weighted by molar-refractivity contribution is 5.89. The Morgan fingerprint density at radius 1 is 1.24 bits per heavy atom. The number of carboxylic acid groups (broad SMARTS) is 1. The van der Waals surface area contributed by atoms with Crippen LogP contribution in [0.2, 0.25) is 0 Å². The lowest BCUT2D eigenvalue weighted by Crippen LogP contribution is -2.58. The Bertz CT molecular complexity index is 306. The minimum Gasteiger partial charge on any atom is -0.479 e. The van der Waals surface area contributed by atoms with Gasteiger partial charge in [-0.15, -0.1) is 0 Å². The number of rotatable bonds is 3. The van der Waals surface area contributed by atoms with E-state index >= 15 is 0 Å². The molecule has 2 unspecified atom stereocenters. The molecule has 0 aromatic rings. The number of carboxylic acids is 1. The van der Waals surface area contributed by atoms with Crippen molar-refractivity contribution in [2.75, 3.05) is 33.0 Å². The Morgan fingerprint density at radius 3 is 2.59 bits per heavy atom. The molecule has 0 aromatic carbocycles. The quantitative estimate of drug-likeness (QED) is 0.646. The van der Waals surface area contributed by atoms with Gasteiger partial charge in [-0.1, -0.05) is 0 Å². The summed E-state index contributed by atoms with van der Waals surface area (Å²) in [6.07, 6.45) is -0.470. The molecule has 0 aromatic heterocycles. The van der Waals surface area contributed by atoms with Gasteiger partial charge in [-0.3, -0.25) is 4.79 Å². The lowest BCUT2D eigenvalue weighted by molar-refractivity contribution is -0.156. The molecule has 0 saturated carbocycles. The average molecular weight is 245 g/mol. The third-order valence-corrected chi connectivity index (χ3v) is 2.90. The molecule has 17 heavy (non-hydrogen) atoms. The van der Waals surface area contributed by atoms with Gasteiger partial charge >= 0.3 is 5.97 Å². The van der Waals surface area contributed by atoms with E-state index in [0.29, 0.717) is 19.8 Å². The summed E-state index contributed by atoms with van der Waals surface area (Å²) in [5.41, 5.74) is -1.32. The van der Waals surface area contributed by atoms with Crippen LogP contribution in [0.15, 0.2) is 0 Å². The fourth-order valence-corrected chi connectivity index (χ4v) is 1.84. The van der Waals surface area contributed by atoms with Gasteiger partial charge in [0.05, 0.1) is 26.4 Å². The fraction of sp³-hybridized carbons (Fsp3) is 0.800. The van der Waals surface area contributed by atoms with Crippen LogP contribution in [0.4, 0.5) is 0 Å². The molecule has 2 aliphatic heterocycles. The van der Waals surface area contributed by atoms with E-state index in [0.717, 1.165) is 0 Å². The zero-order valence-electron chi connectivity index (χ0n) is 9.31. The number of hydrogen-bond acceptors (Lipinski definition) is 5. The molecule has 2 fully saturated rings. The molecule has 2 atom stereocenters. The molecular weight excluding hydrogens is 230 g/mol. The van der Waals surface area contributed by atoms with Gasteiger partial charge in [-0.25, -0.2) is 4.79 Å². The minimum absolute atomic E-state index is 0.0123. The zero-order valence-corrected chi connectivity index (χ0v) is 9.31. The topological polar surface area (TPSA) is 94.1 Å². The Balaban J connectivity index is 1.98. The third kappa shape index (κ3) is 2.56. The Kier molecular flexibility index (Phi) is 3.60. The maximum Gasteiger partial charge on any atom is 0.331 e. The van der Waals surface area contributed by atoms with Crippen LogP contribution in [0.5, 0.6) is 0 Å². The van der Waals surface area contributed by atoms with Crippen molar-refractivity contribution in [3.63, 3.8) is 0 Å². The highest BCUT2D eigenvalue weighted by Gasteiger charge is 2.45. The number of carbonyl (C=O) groups is 2. The first kappa shape index (κ1) is 12.3. The normalized spacial score (nSPS) is 33.3. The molecule has 96 valence electrons. The molecule has 7 nitrogen and oxygen atoms in total. The maximum atomic E-state index is 11.8. The summed E-state index contributed by atoms with van der Waals surface area (Å²) in [7, 11) is 0. The largest absolute Gasteiger partial charge is 0.479 e. The predicted octanol–water partition coefficient (Wildman–Crippen LogP) is -1.24. The summed E-state index contributed by atoms with van der Waals surface area (Å²) < 4.78 is 15.3. The van der Waals surface area contributed by atoms with Gasteiger partial charge in [-0.05, 0) is 0 Å². The summed E-state index contributed by atoms with van der Waals surface area (Å²) in [4.78, 5) is 23.0. The second-order valence-corrected chi connectivity index (χ2v) is 4.11. The van der Waals surface area contributed by atoms with Gasteiger partial charge in [0.2, 0.25) is 0 Å². The number of nitrogens with one attached hydrogen (secondary N) is 1. The van der Waals surface area contributed by atoms with Crippen LogP contribution in [0.3, 0.4) is 0 Å². The molecule has 0 aliphatic carbocycles. The van der Waals surface area contributed by atoms with E-state index in [1.807, 2.05) is 0 Å². The first-order valence-electron chi connectivity index (χ1n) is 5.46. The van der Waals surface area contributed by atoms with Crippen LogP contribution in [-0.4, -0.2) is 61.7 Å². The van der Waals surface area contributed by atoms with Gasteiger partial charge in [0, 0.05) is 13.0 Å². The smallest absolute Gasteiger partial charge is 0.331 e. The van der Waals surface area contributed by atoms with Crippen LogP contribution >= 0.6 is 0 Å². The summed E-state index contributed by atoms with van der Waals surface area (Å²) in [5, 5.41) is 11.6. The molecule has 2 aliphatic rings. The van der Waals surface area contributed by atoms with Gasteiger partial charge in [0.15, 0.2) is 11.6 Å². The van der Waals surface area contributed by atoms with Gasteiger partial charge in [0.1, 0.15) is 0 Å². The van der Waals surface area contributed by atoms with Gasteiger partial charge in [0.25, 0.3) is 5.91 Å². The highest BCUT2D eigenvalue weighted by atomic mass is 16.6. The first-order valence-corrected chi connectivity index (χ1v) is 5.46. The lowest BCUT2D eigenvalue weighted by atomic mass is 9.98. The third-order valence-electron chi connectivity index (χ3n) is 2.90. The van der Waals surface area contributed by atoms with E-state index in [4.69, 9.17) is 19.3 Å². The lowest BCUT2D eigenvalue weighted by Gasteiger charge is -2.28.